The molecule has 0 amide bonds. The molecular weight excluding hydrogens is 386 g/mol. The molecule has 0 atom stereocenters. The number of nitrogens with one attached hydrogen (secondary N) is 1. The molecule has 31 heavy (non-hydrogen) atoms. The number of rotatable bonds is 6. The number of benzene rings is 2. The summed E-state index contributed by atoms with van der Waals surface area (Å²) in [5.41, 5.74) is 2.52. The lowest BCUT2D eigenvalue weighted by molar-refractivity contribution is 0.129. The first kappa shape index (κ1) is 21.0. The summed E-state index contributed by atoms with van der Waals surface area (Å²) in [6.45, 7) is 5.50. The average Bonchev–Trinajstić information content (AvgIpc) is 3.20. The fourth-order valence-electron chi connectivity index (χ4n) is 4.00. The van der Waals surface area contributed by atoms with Crippen LogP contribution in [0.3, 0.4) is 0 Å². The van der Waals surface area contributed by atoms with E-state index in [2.05, 4.69) is 49.0 Å². The van der Waals surface area contributed by atoms with Gasteiger partial charge in [0, 0.05) is 58.5 Å². The molecule has 0 bridgehead atoms. The lowest BCUT2D eigenvalue weighted by Gasteiger charge is -2.34. The highest BCUT2D eigenvalue weighted by atomic mass is 16.5. The molecule has 4 rings (SSSR count). The van der Waals surface area contributed by atoms with Gasteiger partial charge in [0.2, 0.25) is 0 Å². The molecular formula is C25H31N5O. The standard InChI is InChI=1S/C25H31N5O/c1-20-27-13-16-30(20)19-22-8-6-7-21(17-22)18-28-25(26-2)29-14-11-24(12-15-29)31-23-9-4-3-5-10-23/h3-10,13,16-17,24H,11-12,14-15,18-19H2,1-2H3,(H,26,28). The van der Waals surface area contributed by atoms with Crippen molar-refractivity contribution >= 4 is 5.96 Å². The van der Waals surface area contributed by atoms with Crippen LogP contribution in [-0.2, 0) is 13.1 Å². The minimum atomic E-state index is 0.264. The number of imidazole rings is 1. The first-order valence-electron chi connectivity index (χ1n) is 10.9. The van der Waals surface area contributed by atoms with Crippen molar-refractivity contribution in [3.05, 3.63) is 83.9 Å². The van der Waals surface area contributed by atoms with Gasteiger partial charge in [0.15, 0.2) is 5.96 Å². The number of para-hydroxylation sites is 1. The van der Waals surface area contributed by atoms with Gasteiger partial charge in [0.25, 0.3) is 0 Å². The lowest BCUT2D eigenvalue weighted by Crippen LogP contribution is -2.47. The van der Waals surface area contributed by atoms with Crippen molar-refractivity contribution in [1.29, 1.82) is 0 Å². The normalized spacial score (nSPS) is 15.2. The van der Waals surface area contributed by atoms with Crippen LogP contribution >= 0.6 is 0 Å². The SMILES string of the molecule is CN=C(NCc1cccc(Cn2ccnc2C)c1)N1CCC(Oc2ccccc2)CC1. The maximum absolute atomic E-state index is 6.12. The van der Waals surface area contributed by atoms with Crippen LogP contribution in [0.15, 0.2) is 72.0 Å². The minimum Gasteiger partial charge on any atom is -0.490 e. The summed E-state index contributed by atoms with van der Waals surface area (Å²) in [6, 6.07) is 18.8. The van der Waals surface area contributed by atoms with Crippen molar-refractivity contribution in [2.24, 2.45) is 4.99 Å². The van der Waals surface area contributed by atoms with Gasteiger partial charge in [-0.25, -0.2) is 4.98 Å². The minimum absolute atomic E-state index is 0.264. The number of ether oxygens (including phenoxy) is 1. The van der Waals surface area contributed by atoms with E-state index in [0.717, 1.165) is 56.6 Å². The zero-order valence-corrected chi connectivity index (χ0v) is 18.4. The fourth-order valence-corrected chi connectivity index (χ4v) is 4.00. The van der Waals surface area contributed by atoms with E-state index in [1.54, 1.807) is 0 Å². The summed E-state index contributed by atoms with van der Waals surface area (Å²) < 4.78 is 8.28. The second-order valence-electron chi connectivity index (χ2n) is 7.94. The third-order valence-electron chi connectivity index (χ3n) is 5.72. The van der Waals surface area contributed by atoms with E-state index in [1.807, 2.05) is 56.7 Å². The van der Waals surface area contributed by atoms with Gasteiger partial charge in [-0.1, -0.05) is 42.5 Å². The second-order valence-corrected chi connectivity index (χ2v) is 7.94. The molecule has 1 fully saturated rings. The Bertz CT molecular complexity index is 990. The monoisotopic (exact) mass is 417 g/mol. The zero-order valence-electron chi connectivity index (χ0n) is 18.4. The summed E-state index contributed by atoms with van der Waals surface area (Å²) in [5.74, 6) is 2.94. The van der Waals surface area contributed by atoms with Crippen molar-refractivity contribution in [3.63, 3.8) is 0 Å². The Hall–Kier alpha value is -3.28. The zero-order chi connectivity index (χ0) is 21.5. The first-order chi connectivity index (χ1) is 15.2. The number of aryl methyl sites for hydroxylation is 1. The quantitative estimate of drug-likeness (QED) is 0.489. The Kier molecular flexibility index (Phi) is 6.87. The molecule has 1 N–H and O–H groups in total. The highest BCUT2D eigenvalue weighted by Gasteiger charge is 2.22. The Morgan fingerprint density at radius 3 is 2.58 bits per heavy atom. The molecule has 0 aliphatic carbocycles. The van der Waals surface area contributed by atoms with Crippen LogP contribution in [0.5, 0.6) is 5.75 Å². The Balaban J connectivity index is 1.28. The van der Waals surface area contributed by atoms with Crippen LogP contribution < -0.4 is 10.1 Å². The van der Waals surface area contributed by atoms with Gasteiger partial charge >= 0.3 is 0 Å². The van der Waals surface area contributed by atoms with E-state index in [4.69, 9.17) is 4.74 Å². The maximum Gasteiger partial charge on any atom is 0.193 e. The fraction of sp³-hybridized carbons (Fsp3) is 0.360. The average molecular weight is 418 g/mol. The molecule has 162 valence electrons. The first-order valence-corrected chi connectivity index (χ1v) is 10.9. The van der Waals surface area contributed by atoms with Gasteiger partial charge in [0.05, 0.1) is 0 Å². The van der Waals surface area contributed by atoms with Crippen LogP contribution in [0.4, 0.5) is 0 Å². The topological polar surface area (TPSA) is 54.7 Å². The van der Waals surface area contributed by atoms with Crippen molar-refractivity contribution in [2.75, 3.05) is 20.1 Å². The number of nitrogens with zero attached hydrogens (tertiary/aromatic N) is 4. The largest absolute Gasteiger partial charge is 0.490 e. The van der Waals surface area contributed by atoms with Gasteiger partial charge in [-0.05, 0) is 30.2 Å². The summed E-state index contributed by atoms with van der Waals surface area (Å²) in [4.78, 5) is 11.1. The number of aliphatic imine (C=N–C) groups is 1. The third kappa shape index (κ3) is 5.66. The molecule has 6 heteroatoms. The van der Waals surface area contributed by atoms with E-state index in [-0.39, 0.29) is 6.10 Å². The van der Waals surface area contributed by atoms with Crippen LogP contribution in [-0.4, -0.2) is 46.7 Å². The van der Waals surface area contributed by atoms with E-state index < -0.39 is 0 Å². The molecule has 2 heterocycles. The van der Waals surface area contributed by atoms with Crippen LogP contribution in [0.25, 0.3) is 0 Å². The Morgan fingerprint density at radius 2 is 1.87 bits per heavy atom. The number of hydrogen-bond acceptors (Lipinski definition) is 3. The highest BCUT2D eigenvalue weighted by molar-refractivity contribution is 5.80. The van der Waals surface area contributed by atoms with Crippen molar-refractivity contribution in [1.82, 2.24) is 19.8 Å². The predicted molar refractivity (Wildman–Crippen MR) is 124 cm³/mol. The van der Waals surface area contributed by atoms with Gasteiger partial charge in [0.1, 0.15) is 17.7 Å². The Morgan fingerprint density at radius 1 is 1.10 bits per heavy atom. The van der Waals surface area contributed by atoms with E-state index in [9.17, 15) is 0 Å². The van der Waals surface area contributed by atoms with Crippen LogP contribution in [0.1, 0.15) is 29.8 Å². The molecule has 0 unspecified atom stereocenters. The van der Waals surface area contributed by atoms with Crippen LogP contribution in [0, 0.1) is 6.92 Å². The maximum atomic E-state index is 6.12. The molecule has 0 radical (unpaired) electrons. The third-order valence-corrected chi connectivity index (χ3v) is 5.72. The summed E-state index contributed by atoms with van der Waals surface area (Å²) in [5, 5.41) is 3.53. The highest BCUT2D eigenvalue weighted by Crippen LogP contribution is 2.19. The molecule has 0 spiro atoms. The van der Waals surface area contributed by atoms with Crippen LogP contribution in [0.2, 0.25) is 0 Å². The molecule has 2 aromatic carbocycles. The number of aromatic nitrogens is 2. The molecule has 0 saturated carbocycles. The van der Waals surface area contributed by atoms with Crippen molar-refractivity contribution in [2.45, 2.75) is 39.0 Å². The molecule has 1 aliphatic rings. The molecule has 1 aromatic heterocycles. The van der Waals surface area contributed by atoms with E-state index in [0.29, 0.717) is 0 Å². The number of likely N-dealkylation sites (tertiary alicyclic amines) is 1. The Labute approximate surface area is 184 Å². The number of guanidine groups is 1. The number of piperidine rings is 1. The van der Waals surface area contributed by atoms with Gasteiger partial charge < -0.3 is 19.5 Å². The number of hydrogen-bond donors (Lipinski definition) is 1. The van der Waals surface area contributed by atoms with E-state index >= 15 is 0 Å². The van der Waals surface area contributed by atoms with Crippen molar-refractivity contribution in [3.8, 4) is 5.75 Å². The summed E-state index contributed by atoms with van der Waals surface area (Å²) >= 11 is 0. The summed E-state index contributed by atoms with van der Waals surface area (Å²) in [7, 11) is 1.85. The molecule has 3 aromatic rings. The van der Waals surface area contributed by atoms with Gasteiger partial charge in [-0.2, -0.15) is 0 Å². The van der Waals surface area contributed by atoms with E-state index in [1.165, 1.54) is 11.1 Å². The summed E-state index contributed by atoms with van der Waals surface area (Å²) in [6.07, 6.45) is 6.12. The smallest absolute Gasteiger partial charge is 0.193 e. The lowest BCUT2D eigenvalue weighted by atomic mass is 10.1. The molecule has 1 aliphatic heterocycles. The van der Waals surface area contributed by atoms with Gasteiger partial charge in [-0.3, -0.25) is 4.99 Å². The predicted octanol–water partition coefficient (Wildman–Crippen LogP) is 3.86. The molecule has 6 nitrogen and oxygen atoms in total. The van der Waals surface area contributed by atoms with Crippen molar-refractivity contribution < 1.29 is 4.74 Å². The molecule has 1 saturated heterocycles. The van der Waals surface area contributed by atoms with Gasteiger partial charge in [-0.15, -0.1) is 0 Å². The second kappa shape index (κ2) is 10.2.